The fraction of sp³-hybridized carbons (Fsp3) is 0.538. The summed E-state index contributed by atoms with van der Waals surface area (Å²) in [6.07, 6.45) is 2.58. The number of nitrogens with one attached hydrogen (secondary N) is 1. The van der Waals surface area contributed by atoms with Crippen molar-refractivity contribution in [3.63, 3.8) is 0 Å². The lowest BCUT2D eigenvalue weighted by atomic mass is 9.90. The molecule has 2 unspecified atom stereocenters. The molecule has 3 heteroatoms. The van der Waals surface area contributed by atoms with E-state index in [9.17, 15) is 0 Å². The Labute approximate surface area is 102 Å². The molecular formula is C13H17ClN2. The zero-order valence-electron chi connectivity index (χ0n) is 9.54. The molecule has 0 aromatic heterocycles. The Balaban J connectivity index is 1.96. The molecular weight excluding hydrogens is 220 g/mol. The number of halogens is 1. The molecule has 1 N–H and O–H groups in total. The predicted molar refractivity (Wildman–Crippen MR) is 69.5 cm³/mol. The number of piperidine rings is 1. The van der Waals surface area contributed by atoms with E-state index in [1.807, 2.05) is 6.07 Å². The molecule has 0 amide bonds. The van der Waals surface area contributed by atoms with Gasteiger partial charge in [0.1, 0.15) is 0 Å². The normalized spacial score (nSPS) is 28.0. The van der Waals surface area contributed by atoms with E-state index in [-0.39, 0.29) is 0 Å². The maximum Gasteiger partial charge on any atom is 0.0620 e. The van der Waals surface area contributed by atoms with Gasteiger partial charge >= 0.3 is 0 Å². The van der Waals surface area contributed by atoms with Crippen LogP contribution in [0, 0.1) is 5.92 Å². The van der Waals surface area contributed by atoms with Gasteiger partial charge in [-0.25, -0.2) is 0 Å². The van der Waals surface area contributed by atoms with Gasteiger partial charge in [-0.1, -0.05) is 18.5 Å². The molecule has 2 atom stereocenters. The fourth-order valence-electron chi connectivity index (χ4n) is 2.88. The molecule has 0 aliphatic carbocycles. The predicted octanol–water partition coefficient (Wildman–Crippen LogP) is 3.37. The zero-order valence-corrected chi connectivity index (χ0v) is 10.3. The fourth-order valence-corrected chi connectivity index (χ4v) is 3.05. The highest BCUT2D eigenvalue weighted by atomic mass is 35.5. The summed E-state index contributed by atoms with van der Waals surface area (Å²) in [7, 11) is 0. The van der Waals surface area contributed by atoms with E-state index >= 15 is 0 Å². The van der Waals surface area contributed by atoms with Crippen molar-refractivity contribution in [3.8, 4) is 0 Å². The van der Waals surface area contributed by atoms with Gasteiger partial charge in [0.05, 0.1) is 11.4 Å². The van der Waals surface area contributed by atoms with Gasteiger partial charge in [0.2, 0.25) is 0 Å². The highest BCUT2D eigenvalue weighted by Crippen LogP contribution is 2.38. The monoisotopic (exact) mass is 236 g/mol. The van der Waals surface area contributed by atoms with Gasteiger partial charge in [-0.15, -0.1) is 0 Å². The molecule has 0 saturated carbocycles. The van der Waals surface area contributed by atoms with Crippen molar-refractivity contribution in [1.82, 2.24) is 0 Å². The second-order valence-electron chi connectivity index (χ2n) is 5.02. The molecule has 86 valence electrons. The third-order valence-corrected chi connectivity index (χ3v) is 4.01. The summed E-state index contributed by atoms with van der Waals surface area (Å²) in [4.78, 5) is 2.53. The molecule has 3 rings (SSSR count). The summed E-state index contributed by atoms with van der Waals surface area (Å²) in [5.41, 5.74) is 2.52. The van der Waals surface area contributed by atoms with E-state index in [1.54, 1.807) is 0 Å². The number of benzene rings is 1. The molecule has 1 fully saturated rings. The molecule has 2 heterocycles. The van der Waals surface area contributed by atoms with Crippen LogP contribution in [-0.4, -0.2) is 19.1 Å². The van der Waals surface area contributed by atoms with Crippen molar-refractivity contribution in [2.75, 3.05) is 23.3 Å². The Hall–Kier alpha value is -0.890. The van der Waals surface area contributed by atoms with Gasteiger partial charge < -0.3 is 10.2 Å². The van der Waals surface area contributed by atoms with Gasteiger partial charge in [-0.2, -0.15) is 0 Å². The van der Waals surface area contributed by atoms with Gasteiger partial charge in [0.15, 0.2) is 0 Å². The zero-order chi connectivity index (χ0) is 11.1. The van der Waals surface area contributed by atoms with Crippen molar-refractivity contribution in [3.05, 3.63) is 23.2 Å². The van der Waals surface area contributed by atoms with Crippen LogP contribution in [0.25, 0.3) is 0 Å². The van der Waals surface area contributed by atoms with Crippen molar-refractivity contribution in [2.45, 2.75) is 25.8 Å². The number of hydrogen-bond acceptors (Lipinski definition) is 2. The molecule has 0 bridgehead atoms. The van der Waals surface area contributed by atoms with E-state index in [1.165, 1.54) is 30.8 Å². The second-order valence-corrected chi connectivity index (χ2v) is 5.46. The van der Waals surface area contributed by atoms with Crippen molar-refractivity contribution >= 4 is 23.0 Å². The molecule has 2 aliphatic heterocycles. The van der Waals surface area contributed by atoms with Crippen LogP contribution < -0.4 is 10.2 Å². The smallest absolute Gasteiger partial charge is 0.0620 e. The second kappa shape index (κ2) is 3.85. The first-order valence-electron chi connectivity index (χ1n) is 6.04. The first-order valence-corrected chi connectivity index (χ1v) is 6.42. The number of hydrogen-bond donors (Lipinski definition) is 1. The number of fused-ring (bicyclic) bond motifs is 3. The van der Waals surface area contributed by atoms with Crippen LogP contribution in [0.3, 0.4) is 0 Å². The quantitative estimate of drug-likeness (QED) is 0.743. The van der Waals surface area contributed by atoms with E-state index < -0.39 is 0 Å². The van der Waals surface area contributed by atoms with Crippen LogP contribution in [0.15, 0.2) is 18.2 Å². The Morgan fingerprint density at radius 3 is 3.19 bits per heavy atom. The van der Waals surface area contributed by atoms with E-state index in [4.69, 9.17) is 11.6 Å². The lowest BCUT2D eigenvalue weighted by Gasteiger charge is -2.44. The number of anilines is 2. The highest BCUT2D eigenvalue weighted by Gasteiger charge is 2.30. The van der Waals surface area contributed by atoms with E-state index in [0.29, 0.717) is 6.04 Å². The molecule has 0 radical (unpaired) electrons. The van der Waals surface area contributed by atoms with Crippen LogP contribution >= 0.6 is 11.6 Å². The maximum atomic E-state index is 6.08. The lowest BCUT2D eigenvalue weighted by molar-refractivity contribution is 0.367. The average Bonchev–Trinajstić information content (AvgIpc) is 2.28. The SMILES string of the molecule is CC1CCN2c3cc(Cl)ccc3NCC2C1. The molecule has 2 nitrogen and oxygen atoms in total. The summed E-state index contributed by atoms with van der Waals surface area (Å²) in [6.45, 7) is 4.59. The standard InChI is InChI=1S/C13H17ClN2/c1-9-4-5-16-11(6-9)8-15-12-3-2-10(14)7-13(12)16/h2-3,7,9,11,15H,4-6,8H2,1H3. The minimum Gasteiger partial charge on any atom is -0.381 e. The van der Waals surface area contributed by atoms with Crippen molar-refractivity contribution in [1.29, 1.82) is 0 Å². The largest absolute Gasteiger partial charge is 0.381 e. The maximum absolute atomic E-state index is 6.08. The highest BCUT2D eigenvalue weighted by molar-refractivity contribution is 6.31. The van der Waals surface area contributed by atoms with E-state index in [0.717, 1.165) is 17.5 Å². The summed E-state index contributed by atoms with van der Waals surface area (Å²) in [5.74, 6) is 0.851. The lowest BCUT2D eigenvalue weighted by Crippen LogP contribution is -2.48. The number of nitrogens with zero attached hydrogens (tertiary/aromatic N) is 1. The van der Waals surface area contributed by atoms with Crippen molar-refractivity contribution in [2.24, 2.45) is 5.92 Å². The van der Waals surface area contributed by atoms with Crippen LogP contribution in [0.5, 0.6) is 0 Å². The van der Waals surface area contributed by atoms with Gasteiger partial charge in [0.25, 0.3) is 0 Å². The Morgan fingerprint density at radius 2 is 2.31 bits per heavy atom. The molecule has 2 aliphatic rings. The average molecular weight is 237 g/mol. The Kier molecular flexibility index (Phi) is 2.47. The first kappa shape index (κ1) is 10.3. The minimum absolute atomic E-state index is 0.648. The first-order chi connectivity index (χ1) is 7.74. The third-order valence-electron chi connectivity index (χ3n) is 3.78. The third kappa shape index (κ3) is 1.65. The summed E-state index contributed by atoms with van der Waals surface area (Å²) in [6, 6.07) is 6.79. The van der Waals surface area contributed by atoms with Crippen LogP contribution in [-0.2, 0) is 0 Å². The summed E-state index contributed by atoms with van der Waals surface area (Å²) >= 11 is 6.08. The number of rotatable bonds is 0. The molecule has 1 saturated heterocycles. The van der Waals surface area contributed by atoms with Gasteiger partial charge in [0, 0.05) is 24.2 Å². The van der Waals surface area contributed by atoms with Crippen LogP contribution in [0.4, 0.5) is 11.4 Å². The summed E-state index contributed by atoms with van der Waals surface area (Å²) < 4.78 is 0. The Morgan fingerprint density at radius 1 is 1.44 bits per heavy atom. The van der Waals surface area contributed by atoms with Crippen LogP contribution in [0.2, 0.25) is 5.02 Å². The van der Waals surface area contributed by atoms with Gasteiger partial charge in [-0.3, -0.25) is 0 Å². The molecule has 0 spiro atoms. The van der Waals surface area contributed by atoms with Crippen molar-refractivity contribution < 1.29 is 0 Å². The molecule has 16 heavy (non-hydrogen) atoms. The summed E-state index contributed by atoms with van der Waals surface area (Å²) in [5, 5.41) is 4.34. The van der Waals surface area contributed by atoms with E-state index in [2.05, 4.69) is 29.3 Å². The van der Waals surface area contributed by atoms with Gasteiger partial charge in [-0.05, 0) is 37.0 Å². The van der Waals surface area contributed by atoms with Crippen LogP contribution in [0.1, 0.15) is 19.8 Å². The molecule has 1 aromatic rings. The Bertz CT molecular complexity index is 405. The minimum atomic E-state index is 0.648. The molecule has 1 aromatic carbocycles. The topological polar surface area (TPSA) is 15.3 Å².